The lowest BCUT2D eigenvalue weighted by molar-refractivity contribution is -0.119. The number of nitrogens with one attached hydrogen (secondary N) is 2. The number of aryl methyl sites for hydroxylation is 1. The molecule has 0 unspecified atom stereocenters. The van der Waals surface area contributed by atoms with Gasteiger partial charge in [-0.3, -0.25) is 4.79 Å². The van der Waals surface area contributed by atoms with Crippen LogP contribution in [0.5, 0.6) is 0 Å². The quantitative estimate of drug-likeness (QED) is 0.731. The average molecular weight is 353 g/mol. The standard InChI is InChI=1S/C14H15N3O6S/c1-9-6-12(17-23-9)16-13(18)8-22-14(19)10-4-3-5-11(7-10)24(20,21)15-2/h3-7,15H,8H2,1-2H3,(H,16,17,18). The molecule has 0 radical (unpaired) electrons. The molecule has 2 N–H and O–H groups in total. The van der Waals surface area contributed by atoms with Gasteiger partial charge in [0.1, 0.15) is 5.76 Å². The topological polar surface area (TPSA) is 128 Å². The predicted octanol–water partition coefficient (Wildman–Crippen LogP) is 0.687. The maximum absolute atomic E-state index is 11.9. The van der Waals surface area contributed by atoms with E-state index in [1.54, 1.807) is 6.92 Å². The first-order valence-corrected chi connectivity index (χ1v) is 8.24. The Balaban J connectivity index is 1.97. The van der Waals surface area contributed by atoms with Crippen LogP contribution >= 0.6 is 0 Å². The fourth-order valence-electron chi connectivity index (χ4n) is 1.73. The Morgan fingerprint density at radius 1 is 1.29 bits per heavy atom. The van der Waals surface area contributed by atoms with Crippen molar-refractivity contribution in [1.29, 1.82) is 0 Å². The molecule has 0 aliphatic carbocycles. The number of benzene rings is 1. The van der Waals surface area contributed by atoms with Crippen LogP contribution in [0.25, 0.3) is 0 Å². The molecule has 0 fully saturated rings. The van der Waals surface area contributed by atoms with E-state index in [1.807, 2.05) is 0 Å². The molecule has 2 rings (SSSR count). The third kappa shape index (κ3) is 4.40. The first-order chi connectivity index (χ1) is 11.3. The molecule has 10 heteroatoms. The van der Waals surface area contributed by atoms with Crippen molar-refractivity contribution in [2.24, 2.45) is 0 Å². The molecular weight excluding hydrogens is 338 g/mol. The van der Waals surface area contributed by atoms with Crippen LogP contribution in [0.1, 0.15) is 16.1 Å². The summed E-state index contributed by atoms with van der Waals surface area (Å²) in [5, 5.41) is 5.96. The summed E-state index contributed by atoms with van der Waals surface area (Å²) in [5.41, 5.74) is 0.0106. The zero-order valence-corrected chi connectivity index (χ0v) is 13.7. The van der Waals surface area contributed by atoms with E-state index in [-0.39, 0.29) is 16.3 Å². The fourth-order valence-corrected chi connectivity index (χ4v) is 2.50. The van der Waals surface area contributed by atoms with Crippen LogP contribution in [-0.2, 0) is 19.6 Å². The molecule has 0 bridgehead atoms. The lowest BCUT2D eigenvalue weighted by Crippen LogP contribution is -2.22. The van der Waals surface area contributed by atoms with Gasteiger partial charge >= 0.3 is 5.97 Å². The summed E-state index contributed by atoms with van der Waals surface area (Å²) in [5.74, 6) is -0.703. The number of esters is 1. The van der Waals surface area contributed by atoms with Crippen LogP contribution in [0.2, 0.25) is 0 Å². The van der Waals surface area contributed by atoms with Crippen molar-refractivity contribution in [1.82, 2.24) is 9.88 Å². The molecule has 0 atom stereocenters. The maximum atomic E-state index is 11.9. The van der Waals surface area contributed by atoms with Gasteiger partial charge in [0.15, 0.2) is 12.4 Å². The molecule has 0 aliphatic heterocycles. The molecule has 0 saturated carbocycles. The van der Waals surface area contributed by atoms with E-state index in [1.165, 1.54) is 31.3 Å². The summed E-state index contributed by atoms with van der Waals surface area (Å²) in [6.45, 7) is 1.11. The second-order valence-corrected chi connectivity index (χ2v) is 6.57. The highest BCUT2D eigenvalue weighted by atomic mass is 32.2. The second kappa shape index (κ2) is 7.23. The Bertz CT molecular complexity index is 859. The Morgan fingerprint density at radius 2 is 2.04 bits per heavy atom. The largest absolute Gasteiger partial charge is 0.452 e. The molecule has 1 aromatic carbocycles. The van der Waals surface area contributed by atoms with Crippen LogP contribution in [0.3, 0.4) is 0 Å². The van der Waals surface area contributed by atoms with Crippen LogP contribution in [0.4, 0.5) is 5.82 Å². The summed E-state index contributed by atoms with van der Waals surface area (Å²) in [6.07, 6.45) is 0. The summed E-state index contributed by atoms with van der Waals surface area (Å²) < 4.78 is 35.2. The summed E-state index contributed by atoms with van der Waals surface area (Å²) in [7, 11) is -2.42. The van der Waals surface area contributed by atoms with Gasteiger partial charge in [-0.15, -0.1) is 0 Å². The van der Waals surface area contributed by atoms with Gasteiger partial charge in [0.05, 0.1) is 10.5 Å². The number of ether oxygens (including phenoxy) is 1. The Morgan fingerprint density at radius 3 is 2.67 bits per heavy atom. The van der Waals surface area contributed by atoms with Crippen molar-refractivity contribution in [3.05, 3.63) is 41.7 Å². The number of carbonyl (C=O) groups excluding carboxylic acids is 2. The molecule has 1 amide bonds. The molecule has 0 spiro atoms. The molecule has 0 saturated heterocycles. The van der Waals surface area contributed by atoms with Crippen molar-refractivity contribution >= 4 is 27.7 Å². The van der Waals surface area contributed by atoms with Crippen molar-refractivity contribution in [3.8, 4) is 0 Å². The Labute approximate surface area is 138 Å². The van der Waals surface area contributed by atoms with Crippen LogP contribution < -0.4 is 10.0 Å². The van der Waals surface area contributed by atoms with Gasteiger partial charge in [-0.1, -0.05) is 11.2 Å². The number of hydrogen-bond acceptors (Lipinski definition) is 7. The Hall–Kier alpha value is -2.72. The zero-order valence-electron chi connectivity index (χ0n) is 12.9. The average Bonchev–Trinajstić information content (AvgIpc) is 2.97. The first kappa shape index (κ1) is 17.6. The first-order valence-electron chi connectivity index (χ1n) is 6.76. The molecular formula is C14H15N3O6S. The zero-order chi connectivity index (χ0) is 17.7. The highest BCUT2D eigenvalue weighted by molar-refractivity contribution is 7.89. The number of nitrogens with zero attached hydrogens (tertiary/aromatic N) is 1. The number of aromatic nitrogens is 1. The highest BCUT2D eigenvalue weighted by Gasteiger charge is 2.16. The minimum absolute atomic E-state index is 0.0106. The summed E-state index contributed by atoms with van der Waals surface area (Å²) in [6, 6.07) is 6.79. The second-order valence-electron chi connectivity index (χ2n) is 4.68. The van der Waals surface area contributed by atoms with E-state index >= 15 is 0 Å². The van der Waals surface area contributed by atoms with Crippen molar-refractivity contribution in [3.63, 3.8) is 0 Å². The van der Waals surface area contributed by atoms with Gasteiger partial charge in [0, 0.05) is 6.07 Å². The van der Waals surface area contributed by atoms with E-state index in [2.05, 4.69) is 15.2 Å². The van der Waals surface area contributed by atoms with Gasteiger partial charge in [0.25, 0.3) is 5.91 Å². The van der Waals surface area contributed by atoms with E-state index in [9.17, 15) is 18.0 Å². The molecule has 1 heterocycles. The fraction of sp³-hybridized carbons (Fsp3) is 0.214. The molecule has 1 aromatic heterocycles. The van der Waals surface area contributed by atoms with Crippen LogP contribution in [0.15, 0.2) is 39.8 Å². The van der Waals surface area contributed by atoms with E-state index < -0.39 is 28.5 Å². The number of rotatable bonds is 6. The Kier molecular flexibility index (Phi) is 5.31. The van der Waals surface area contributed by atoms with E-state index in [0.717, 1.165) is 6.07 Å². The van der Waals surface area contributed by atoms with Gasteiger partial charge in [0.2, 0.25) is 10.0 Å². The van der Waals surface area contributed by atoms with Gasteiger partial charge in [-0.2, -0.15) is 0 Å². The smallest absolute Gasteiger partial charge is 0.338 e. The summed E-state index contributed by atoms with van der Waals surface area (Å²) >= 11 is 0. The lowest BCUT2D eigenvalue weighted by atomic mass is 10.2. The van der Waals surface area contributed by atoms with Crippen LogP contribution in [-0.4, -0.2) is 39.1 Å². The van der Waals surface area contributed by atoms with E-state index in [0.29, 0.717) is 5.76 Å². The summed E-state index contributed by atoms with van der Waals surface area (Å²) in [4.78, 5) is 23.5. The minimum Gasteiger partial charge on any atom is -0.452 e. The third-order valence-electron chi connectivity index (χ3n) is 2.88. The van der Waals surface area contributed by atoms with Crippen molar-refractivity contribution < 1.29 is 27.3 Å². The number of hydrogen-bond donors (Lipinski definition) is 2. The van der Waals surface area contributed by atoms with Gasteiger partial charge in [-0.05, 0) is 32.2 Å². The number of sulfonamides is 1. The van der Waals surface area contributed by atoms with Crippen molar-refractivity contribution in [2.45, 2.75) is 11.8 Å². The lowest BCUT2D eigenvalue weighted by Gasteiger charge is -2.06. The van der Waals surface area contributed by atoms with Crippen molar-refractivity contribution in [2.75, 3.05) is 19.0 Å². The maximum Gasteiger partial charge on any atom is 0.338 e. The molecule has 2 aromatic rings. The molecule has 24 heavy (non-hydrogen) atoms. The number of anilines is 1. The van der Waals surface area contributed by atoms with Gasteiger partial charge < -0.3 is 14.6 Å². The van der Waals surface area contributed by atoms with Gasteiger partial charge in [-0.25, -0.2) is 17.9 Å². The number of carbonyl (C=O) groups is 2. The SMILES string of the molecule is CNS(=O)(=O)c1cccc(C(=O)OCC(=O)Nc2cc(C)on2)c1. The van der Waals surface area contributed by atoms with Crippen LogP contribution in [0, 0.1) is 6.92 Å². The molecule has 128 valence electrons. The minimum atomic E-state index is -3.68. The predicted molar refractivity (Wildman–Crippen MR) is 82.8 cm³/mol. The third-order valence-corrected chi connectivity index (χ3v) is 4.29. The monoisotopic (exact) mass is 353 g/mol. The molecule has 9 nitrogen and oxygen atoms in total. The highest BCUT2D eigenvalue weighted by Crippen LogP contribution is 2.12. The molecule has 0 aliphatic rings. The normalized spacial score (nSPS) is 11.1. The van der Waals surface area contributed by atoms with E-state index in [4.69, 9.17) is 9.26 Å². The number of amides is 1.